The molecule has 21 heavy (non-hydrogen) atoms. The molecule has 1 aliphatic carbocycles. The van der Waals surface area contributed by atoms with Crippen LogP contribution in [0.4, 0.5) is 0 Å². The Morgan fingerprint density at radius 2 is 2.24 bits per heavy atom. The monoisotopic (exact) mass is 292 g/mol. The highest BCUT2D eigenvalue weighted by molar-refractivity contribution is 5.76. The number of hydrogen-bond acceptors (Lipinski definition) is 5. The highest BCUT2D eigenvalue weighted by Crippen LogP contribution is 2.32. The highest BCUT2D eigenvalue weighted by atomic mass is 16.5. The first kappa shape index (κ1) is 14.5. The predicted molar refractivity (Wildman–Crippen MR) is 77.9 cm³/mol. The molecule has 0 bridgehead atoms. The molecule has 2 aliphatic rings. The third-order valence-electron chi connectivity index (χ3n) is 4.48. The van der Waals surface area contributed by atoms with Gasteiger partial charge in [0.2, 0.25) is 11.8 Å². The molecule has 116 valence electrons. The number of aryl methyl sites for hydroxylation is 1. The number of piperazine rings is 1. The molecule has 1 aliphatic heterocycles. The van der Waals surface area contributed by atoms with E-state index in [0.717, 1.165) is 38.3 Å². The van der Waals surface area contributed by atoms with Crippen LogP contribution in [0.25, 0.3) is 0 Å². The van der Waals surface area contributed by atoms with E-state index in [0.29, 0.717) is 30.7 Å². The van der Waals surface area contributed by atoms with Gasteiger partial charge in [0, 0.05) is 44.4 Å². The van der Waals surface area contributed by atoms with Crippen LogP contribution >= 0.6 is 0 Å². The zero-order valence-corrected chi connectivity index (χ0v) is 12.7. The van der Waals surface area contributed by atoms with Crippen LogP contribution in [-0.2, 0) is 11.2 Å². The van der Waals surface area contributed by atoms with Crippen LogP contribution in [0.1, 0.15) is 56.7 Å². The van der Waals surface area contributed by atoms with Gasteiger partial charge >= 0.3 is 0 Å². The van der Waals surface area contributed by atoms with Crippen molar-refractivity contribution in [1.29, 1.82) is 0 Å². The second-order valence-electron chi connectivity index (χ2n) is 6.22. The van der Waals surface area contributed by atoms with Crippen LogP contribution in [0, 0.1) is 0 Å². The molecule has 1 aromatic heterocycles. The van der Waals surface area contributed by atoms with Gasteiger partial charge in [-0.1, -0.05) is 18.0 Å². The second kappa shape index (κ2) is 6.56. The first-order valence-electron chi connectivity index (χ1n) is 8.06. The lowest BCUT2D eigenvalue weighted by atomic mass is 10.1. The summed E-state index contributed by atoms with van der Waals surface area (Å²) in [4.78, 5) is 18.6. The van der Waals surface area contributed by atoms with Crippen molar-refractivity contribution in [3.63, 3.8) is 0 Å². The number of amides is 1. The molecule has 0 radical (unpaired) electrons. The Labute approximate surface area is 125 Å². The largest absolute Gasteiger partial charge is 0.340 e. The SMILES string of the molecule is C[C@@H]1CN(C(=O)CCc2nc(C3CCCC3)no2)CCN1. The minimum absolute atomic E-state index is 0.184. The summed E-state index contributed by atoms with van der Waals surface area (Å²) in [6.45, 7) is 4.56. The minimum Gasteiger partial charge on any atom is -0.340 e. The highest BCUT2D eigenvalue weighted by Gasteiger charge is 2.23. The van der Waals surface area contributed by atoms with Gasteiger partial charge in [0.15, 0.2) is 5.82 Å². The van der Waals surface area contributed by atoms with Crippen LogP contribution in [0.3, 0.4) is 0 Å². The van der Waals surface area contributed by atoms with E-state index < -0.39 is 0 Å². The van der Waals surface area contributed by atoms with E-state index in [1.165, 1.54) is 12.8 Å². The van der Waals surface area contributed by atoms with E-state index in [1.54, 1.807) is 0 Å². The minimum atomic E-state index is 0.184. The van der Waals surface area contributed by atoms with Gasteiger partial charge in [-0.3, -0.25) is 4.79 Å². The lowest BCUT2D eigenvalue weighted by Gasteiger charge is -2.31. The molecule has 1 N–H and O–H groups in total. The number of nitrogens with zero attached hydrogens (tertiary/aromatic N) is 3. The molecule has 1 aromatic rings. The Bertz CT molecular complexity index is 482. The summed E-state index contributed by atoms with van der Waals surface area (Å²) >= 11 is 0. The zero-order chi connectivity index (χ0) is 14.7. The van der Waals surface area contributed by atoms with Crippen molar-refractivity contribution in [1.82, 2.24) is 20.4 Å². The predicted octanol–water partition coefficient (Wildman–Crippen LogP) is 1.48. The number of aromatic nitrogens is 2. The molecule has 1 amide bonds. The van der Waals surface area contributed by atoms with Crippen molar-refractivity contribution in [3.05, 3.63) is 11.7 Å². The first-order valence-corrected chi connectivity index (χ1v) is 8.06. The van der Waals surface area contributed by atoms with Gasteiger partial charge in [0.1, 0.15) is 0 Å². The standard InChI is InChI=1S/C15H24N4O2/c1-11-10-19(9-8-16-11)14(20)7-6-13-17-15(18-21-13)12-4-2-3-5-12/h11-12,16H,2-10H2,1H3/t11-/m1/s1. The number of hydrogen-bond donors (Lipinski definition) is 1. The lowest BCUT2D eigenvalue weighted by molar-refractivity contribution is -0.132. The van der Waals surface area contributed by atoms with E-state index in [-0.39, 0.29) is 5.91 Å². The fourth-order valence-corrected chi connectivity index (χ4v) is 3.25. The van der Waals surface area contributed by atoms with Gasteiger partial charge < -0.3 is 14.7 Å². The molecule has 6 nitrogen and oxygen atoms in total. The Kier molecular flexibility index (Phi) is 4.53. The van der Waals surface area contributed by atoms with Crippen molar-refractivity contribution < 1.29 is 9.32 Å². The van der Waals surface area contributed by atoms with Crippen molar-refractivity contribution >= 4 is 5.91 Å². The van der Waals surface area contributed by atoms with Crippen molar-refractivity contribution in [3.8, 4) is 0 Å². The molecule has 0 spiro atoms. The maximum Gasteiger partial charge on any atom is 0.227 e. The molecule has 1 saturated carbocycles. The van der Waals surface area contributed by atoms with Crippen LogP contribution in [-0.4, -0.2) is 46.6 Å². The summed E-state index contributed by atoms with van der Waals surface area (Å²) < 4.78 is 5.29. The van der Waals surface area contributed by atoms with Crippen LogP contribution in [0.2, 0.25) is 0 Å². The van der Waals surface area contributed by atoms with Gasteiger partial charge in [-0.15, -0.1) is 0 Å². The average molecular weight is 292 g/mol. The summed E-state index contributed by atoms with van der Waals surface area (Å²) in [6.07, 6.45) is 5.85. The number of nitrogens with one attached hydrogen (secondary N) is 1. The molecular formula is C15H24N4O2. The van der Waals surface area contributed by atoms with Crippen molar-refractivity contribution in [2.24, 2.45) is 0 Å². The Balaban J connectivity index is 1.49. The van der Waals surface area contributed by atoms with Crippen molar-refractivity contribution in [2.45, 2.75) is 57.4 Å². The topological polar surface area (TPSA) is 71.3 Å². The fraction of sp³-hybridized carbons (Fsp3) is 0.800. The Hall–Kier alpha value is -1.43. The third kappa shape index (κ3) is 3.61. The lowest BCUT2D eigenvalue weighted by Crippen LogP contribution is -2.51. The van der Waals surface area contributed by atoms with E-state index in [1.807, 2.05) is 4.90 Å². The average Bonchev–Trinajstić information content (AvgIpc) is 3.15. The quantitative estimate of drug-likeness (QED) is 0.910. The smallest absolute Gasteiger partial charge is 0.227 e. The number of carbonyl (C=O) groups is 1. The third-order valence-corrected chi connectivity index (χ3v) is 4.48. The summed E-state index contributed by atoms with van der Waals surface area (Å²) in [5.41, 5.74) is 0. The molecule has 2 fully saturated rings. The van der Waals surface area contributed by atoms with Crippen molar-refractivity contribution in [2.75, 3.05) is 19.6 Å². The second-order valence-corrected chi connectivity index (χ2v) is 6.22. The summed E-state index contributed by atoms with van der Waals surface area (Å²) in [7, 11) is 0. The van der Waals surface area contributed by atoms with Gasteiger partial charge in [-0.25, -0.2) is 0 Å². The van der Waals surface area contributed by atoms with E-state index in [2.05, 4.69) is 22.4 Å². The van der Waals surface area contributed by atoms with E-state index >= 15 is 0 Å². The van der Waals surface area contributed by atoms with Crippen LogP contribution < -0.4 is 5.32 Å². The van der Waals surface area contributed by atoms with Gasteiger partial charge in [0.25, 0.3) is 0 Å². The maximum absolute atomic E-state index is 12.2. The first-order chi connectivity index (χ1) is 10.2. The fourth-order valence-electron chi connectivity index (χ4n) is 3.25. The van der Waals surface area contributed by atoms with Crippen LogP contribution in [0.5, 0.6) is 0 Å². The normalized spacial score (nSPS) is 23.7. The van der Waals surface area contributed by atoms with Gasteiger partial charge in [-0.2, -0.15) is 4.98 Å². The Morgan fingerprint density at radius 1 is 1.43 bits per heavy atom. The molecule has 0 unspecified atom stereocenters. The Morgan fingerprint density at radius 3 is 3.00 bits per heavy atom. The van der Waals surface area contributed by atoms with Crippen LogP contribution in [0.15, 0.2) is 4.52 Å². The molecule has 2 heterocycles. The number of rotatable bonds is 4. The maximum atomic E-state index is 12.2. The van der Waals surface area contributed by atoms with Gasteiger partial charge in [-0.05, 0) is 19.8 Å². The zero-order valence-electron chi connectivity index (χ0n) is 12.7. The number of carbonyl (C=O) groups excluding carboxylic acids is 1. The molecule has 1 atom stereocenters. The molecule has 1 saturated heterocycles. The van der Waals surface area contributed by atoms with Gasteiger partial charge in [0.05, 0.1) is 0 Å². The van der Waals surface area contributed by atoms with E-state index in [4.69, 9.17) is 4.52 Å². The molecular weight excluding hydrogens is 268 g/mol. The summed E-state index contributed by atoms with van der Waals surface area (Å²) in [6, 6.07) is 0.375. The summed E-state index contributed by atoms with van der Waals surface area (Å²) in [5.74, 6) is 2.09. The molecule has 6 heteroatoms. The van der Waals surface area contributed by atoms with E-state index in [9.17, 15) is 4.79 Å². The molecule has 0 aromatic carbocycles. The summed E-state index contributed by atoms with van der Waals surface area (Å²) in [5, 5.41) is 7.42. The molecule has 3 rings (SSSR count).